The summed E-state index contributed by atoms with van der Waals surface area (Å²) in [5, 5.41) is 11.0. The molecule has 1 aromatic rings. The van der Waals surface area contributed by atoms with Crippen molar-refractivity contribution in [3.63, 3.8) is 0 Å². The molecule has 0 bridgehead atoms. The molecule has 1 atom stereocenters. The maximum Gasteiger partial charge on any atom is 0.0764 e. The summed E-state index contributed by atoms with van der Waals surface area (Å²) < 4.78 is 0. The molecule has 0 amide bonds. The van der Waals surface area contributed by atoms with Crippen molar-refractivity contribution in [3.05, 3.63) is 35.4 Å². The zero-order valence-electron chi connectivity index (χ0n) is 13.9. The summed E-state index contributed by atoms with van der Waals surface area (Å²) >= 11 is 0. The first kappa shape index (κ1) is 16.5. The van der Waals surface area contributed by atoms with Crippen LogP contribution in [0, 0.1) is 0 Å². The monoisotopic (exact) mass is 289 g/mol. The van der Waals surface area contributed by atoms with Crippen LogP contribution in [0.1, 0.15) is 57.6 Å². The molecule has 2 heteroatoms. The number of hydrogen-bond donors (Lipinski definition) is 1. The molecule has 0 aliphatic heterocycles. The highest BCUT2D eigenvalue weighted by Crippen LogP contribution is 2.39. The highest BCUT2D eigenvalue weighted by molar-refractivity contribution is 5.23. The van der Waals surface area contributed by atoms with Gasteiger partial charge in [0.25, 0.3) is 0 Å². The number of nitrogens with zero attached hydrogens (tertiary/aromatic N) is 1. The standard InChI is InChI=1S/C19H31NO/c1-4-16-9-11-17(12-10-16)15-18(21)19(13-7-8-14-19)20(5-2)6-3/h9-12,18,21H,4-8,13-15H2,1-3H3. The first-order valence-electron chi connectivity index (χ1n) is 8.67. The lowest BCUT2D eigenvalue weighted by Crippen LogP contribution is -2.55. The van der Waals surface area contributed by atoms with Crippen LogP contribution < -0.4 is 0 Å². The van der Waals surface area contributed by atoms with Crippen molar-refractivity contribution in [3.8, 4) is 0 Å². The Bertz CT molecular complexity index is 416. The van der Waals surface area contributed by atoms with E-state index in [0.717, 1.165) is 38.8 Å². The van der Waals surface area contributed by atoms with Gasteiger partial charge >= 0.3 is 0 Å². The van der Waals surface area contributed by atoms with Crippen LogP contribution in [-0.2, 0) is 12.8 Å². The van der Waals surface area contributed by atoms with E-state index in [2.05, 4.69) is 49.9 Å². The maximum absolute atomic E-state index is 11.0. The van der Waals surface area contributed by atoms with E-state index in [9.17, 15) is 5.11 Å². The molecule has 0 spiro atoms. The second kappa shape index (κ2) is 7.42. The highest BCUT2D eigenvalue weighted by atomic mass is 16.3. The van der Waals surface area contributed by atoms with Crippen LogP contribution in [0.25, 0.3) is 0 Å². The van der Waals surface area contributed by atoms with E-state index in [1.165, 1.54) is 24.0 Å². The molecule has 21 heavy (non-hydrogen) atoms. The topological polar surface area (TPSA) is 23.5 Å². The minimum atomic E-state index is -0.257. The molecule has 1 aliphatic rings. The Labute approximate surface area is 130 Å². The van der Waals surface area contributed by atoms with Gasteiger partial charge in [-0.1, -0.05) is 57.9 Å². The van der Waals surface area contributed by atoms with Crippen molar-refractivity contribution in [2.45, 2.75) is 70.9 Å². The van der Waals surface area contributed by atoms with Crippen LogP contribution in [0.3, 0.4) is 0 Å². The van der Waals surface area contributed by atoms with E-state index >= 15 is 0 Å². The lowest BCUT2D eigenvalue weighted by atomic mass is 9.84. The van der Waals surface area contributed by atoms with Gasteiger partial charge in [0.2, 0.25) is 0 Å². The van der Waals surface area contributed by atoms with Crippen molar-refractivity contribution < 1.29 is 5.11 Å². The summed E-state index contributed by atoms with van der Waals surface area (Å²) in [7, 11) is 0. The Balaban J connectivity index is 2.12. The Morgan fingerprint density at radius 1 is 1.00 bits per heavy atom. The first-order chi connectivity index (χ1) is 10.2. The quantitative estimate of drug-likeness (QED) is 0.825. The summed E-state index contributed by atoms with van der Waals surface area (Å²) in [5.74, 6) is 0. The predicted octanol–water partition coefficient (Wildman–Crippen LogP) is 3.81. The number of benzene rings is 1. The van der Waals surface area contributed by atoms with E-state index in [1.54, 1.807) is 0 Å². The molecule has 1 aliphatic carbocycles. The molecular weight excluding hydrogens is 258 g/mol. The molecular formula is C19H31NO. The van der Waals surface area contributed by atoms with Crippen molar-refractivity contribution in [2.75, 3.05) is 13.1 Å². The third-order valence-electron chi connectivity index (χ3n) is 5.34. The van der Waals surface area contributed by atoms with Crippen LogP contribution >= 0.6 is 0 Å². The molecule has 1 aromatic carbocycles. The normalized spacial score (nSPS) is 19.1. The van der Waals surface area contributed by atoms with E-state index in [4.69, 9.17) is 0 Å². The Morgan fingerprint density at radius 3 is 2.00 bits per heavy atom. The average molecular weight is 289 g/mol. The third-order valence-corrected chi connectivity index (χ3v) is 5.34. The zero-order chi connectivity index (χ0) is 15.3. The molecule has 2 nitrogen and oxygen atoms in total. The zero-order valence-corrected chi connectivity index (χ0v) is 13.9. The van der Waals surface area contributed by atoms with Gasteiger partial charge in [0, 0.05) is 12.0 Å². The average Bonchev–Trinajstić information content (AvgIpc) is 3.00. The van der Waals surface area contributed by atoms with Crippen LogP contribution in [0.2, 0.25) is 0 Å². The van der Waals surface area contributed by atoms with Crippen LogP contribution in [0.4, 0.5) is 0 Å². The fraction of sp³-hybridized carbons (Fsp3) is 0.684. The van der Waals surface area contributed by atoms with E-state index in [0.29, 0.717) is 0 Å². The number of aryl methyl sites for hydroxylation is 1. The molecule has 0 heterocycles. The van der Waals surface area contributed by atoms with Gasteiger partial charge in [-0.25, -0.2) is 0 Å². The first-order valence-corrected chi connectivity index (χ1v) is 8.67. The lowest BCUT2D eigenvalue weighted by molar-refractivity contribution is -0.0244. The molecule has 0 radical (unpaired) electrons. The van der Waals surface area contributed by atoms with Gasteiger partial charge in [-0.15, -0.1) is 0 Å². The Morgan fingerprint density at radius 2 is 1.52 bits per heavy atom. The number of rotatable bonds is 7. The SMILES string of the molecule is CCc1ccc(CC(O)C2(N(CC)CC)CCCC2)cc1. The fourth-order valence-electron chi connectivity index (χ4n) is 4.03. The molecule has 118 valence electrons. The largest absolute Gasteiger partial charge is 0.391 e. The van der Waals surface area contributed by atoms with Gasteiger partial charge < -0.3 is 5.11 Å². The predicted molar refractivity (Wildman–Crippen MR) is 89.7 cm³/mol. The van der Waals surface area contributed by atoms with E-state index in [-0.39, 0.29) is 11.6 Å². The summed E-state index contributed by atoms with van der Waals surface area (Å²) in [4.78, 5) is 2.49. The number of hydrogen-bond acceptors (Lipinski definition) is 2. The van der Waals surface area contributed by atoms with Gasteiger partial charge in [0.15, 0.2) is 0 Å². The maximum atomic E-state index is 11.0. The summed E-state index contributed by atoms with van der Waals surface area (Å²) in [6, 6.07) is 8.77. The second-order valence-electron chi connectivity index (χ2n) is 6.37. The molecule has 1 N–H and O–H groups in total. The lowest BCUT2D eigenvalue weighted by Gasteiger charge is -2.44. The third kappa shape index (κ3) is 3.49. The van der Waals surface area contributed by atoms with Crippen molar-refractivity contribution in [1.29, 1.82) is 0 Å². The van der Waals surface area contributed by atoms with Crippen molar-refractivity contribution in [2.24, 2.45) is 0 Å². The van der Waals surface area contributed by atoms with Crippen molar-refractivity contribution in [1.82, 2.24) is 4.90 Å². The fourth-order valence-corrected chi connectivity index (χ4v) is 4.03. The van der Waals surface area contributed by atoms with Gasteiger partial charge in [-0.3, -0.25) is 4.90 Å². The molecule has 1 unspecified atom stereocenters. The van der Waals surface area contributed by atoms with Gasteiger partial charge in [-0.2, -0.15) is 0 Å². The summed E-state index contributed by atoms with van der Waals surface area (Å²) in [6.45, 7) is 8.67. The van der Waals surface area contributed by atoms with Gasteiger partial charge in [0.1, 0.15) is 0 Å². The molecule has 1 saturated carbocycles. The Hall–Kier alpha value is -0.860. The highest BCUT2D eigenvalue weighted by Gasteiger charge is 2.44. The minimum absolute atomic E-state index is 0.00687. The number of aliphatic hydroxyl groups excluding tert-OH is 1. The van der Waals surface area contributed by atoms with Crippen LogP contribution in [-0.4, -0.2) is 34.7 Å². The molecule has 0 aromatic heterocycles. The van der Waals surface area contributed by atoms with Crippen LogP contribution in [0.5, 0.6) is 0 Å². The van der Waals surface area contributed by atoms with Gasteiger partial charge in [-0.05, 0) is 43.5 Å². The molecule has 2 rings (SSSR count). The van der Waals surface area contributed by atoms with Gasteiger partial charge in [0.05, 0.1) is 6.10 Å². The molecule has 0 saturated heterocycles. The van der Waals surface area contributed by atoms with E-state index in [1.807, 2.05) is 0 Å². The molecule has 1 fully saturated rings. The Kier molecular flexibility index (Phi) is 5.83. The van der Waals surface area contributed by atoms with E-state index < -0.39 is 0 Å². The van der Waals surface area contributed by atoms with Crippen LogP contribution in [0.15, 0.2) is 24.3 Å². The van der Waals surface area contributed by atoms with Crippen molar-refractivity contribution >= 4 is 0 Å². The smallest absolute Gasteiger partial charge is 0.0764 e. The second-order valence-corrected chi connectivity index (χ2v) is 6.37. The number of likely N-dealkylation sites (N-methyl/N-ethyl adjacent to an activating group) is 1. The summed E-state index contributed by atoms with van der Waals surface area (Å²) in [6.07, 6.45) is 6.38. The number of aliphatic hydroxyl groups is 1. The summed E-state index contributed by atoms with van der Waals surface area (Å²) in [5.41, 5.74) is 2.64. The minimum Gasteiger partial charge on any atom is -0.391 e.